The highest BCUT2D eigenvalue weighted by Crippen LogP contribution is 2.17. The molecular weight excluding hydrogens is 365 g/mol. The first-order valence-corrected chi connectivity index (χ1v) is 9.94. The molecule has 0 spiro atoms. The summed E-state index contributed by atoms with van der Waals surface area (Å²) in [4.78, 5) is 4.43. The number of sulfonamides is 1. The van der Waals surface area contributed by atoms with E-state index in [2.05, 4.69) is 15.0 Å². The SMILES string of the molecule is Cc1cccc(S(=O)(=O)Nc2ccc(NCCc3ccc(F)cc3)nc2)c1. The van der Waals surface area contributed by atoms with Gasteiger partial charge in [0.1, 0.15) is 11.6 Å². The van der Waals surface area contributed by atoms with E-state index < -0.39 is 10.0 Å². The van der Waals surface area contributed by atoms with Crippen molar-refractivity contribution in [2.45, 2.75) is 18.2 Å². The number of halogens is 1. The Kier molecular flexibility index (Phi) is 5.71. The van der Waals surface area contributed by atoms with Crippen LogP contribution < -0.4 is 10.0 Å². The fraction of sp³-hybridized carbons (Fsp3) is 0.150. The predicted molar refractivity (Wildman–Crippen MR) is 105 cm³/mol. The number of nitrogens with one attached hydrogen (secondary N) is 2. The third-order valence-electron chi connectivity index (χ3n) is 3.95. The van der Waals surface area contributed by atoms with Crippen molar-refractivity contribution < 1.29 is 12.8 Å². The van der Waals surface area contributed by atoms with E-state index in [0.29, 0.717) is 18.1 Å². The van der Waals surface area contributed by atoms with E-state index in [4.69, 9.17) is 0 Å². The highest BCUT2D eigenvalue weighted by molar-refractivity contribution is 7.92. The van der Waals surface area contributed by atoms with Crippen molar-refractivity contribution in [2.24, 2.45) is 0 Å². The zero-order valence-corrected chi connectivity index (χ0v) is 15.6. The lowest BCUT2D eigenvalue weighted by molar-refractivity contribution is 0.601. The fourth-order valence-electron chi connectivity index (χ4n) is 2.54. The van der Waals surface area contributed by atoms with Crippen molar-refractivity contribution in [3.05, 3.63) is 83.8 Å². The Morgan fingerprint density at radius 3 is 2.48 bits per heavy atom. The molecule has 0 amide bonds. The fourth-order valence-corrected chi connectivity index (χ4v) is 3.69. The van der Waals surface area contributed by atoms with Crippen LogP contribution in [0.2, 0.25) is 0 Å². The largest absolute Gasteiger partial charge is 0.370 e. The number of benzene rings is 2. The second-order valence-electron chi connectivity index (χ2n) is 6.16. The molecule has 0 atom stereocenters. The summed E-state index contributed by atoms with van der Waals surface area (Å²) in [7, 11) is -3.65. The minimum atomic E-state index is -3.65. The molecular formula is C20H20FN3O2S. The molecule has 0 saturated heterocycles. The molecule has 3 rings (SSSR count). The molecule has 0 unspecified atom stereocenters. The summed E-state index contributed by atoms with van der Waals surface area (Å²) in [6, 6.07) is 16.4. The highest BCUT2D eigenvalue weighted by Gasteiger charge is 2.14. The summed E-state index contributed by atoms with van der Waals surface area (Å²) in [5.74, 6) is 0.382. The van der Waals surface area contributed by atoms with E-state index >= 15 is 0 Å². The predicted octanol–water partition coefficient (Wildman–Crippen LogP) is 3.98. The molecule has 140 valence electrons. The molecule has 1 heterocycles. The van der Waals surface area contributed by atoms with Crippen molar-refractivity contribution in [3.63, 3.8) is 0 Å². The Balaban J connectivity index is 1.57. The average molecular weight is 385 g/mol. The van der Waals surface area contributed by atoms with Crippen LogP contribution in [0.15, 0.2) is 71.8 Å². The van der Waals surface area contributed by atoms with E-state index in [1.807, 2.05) is 13.0 Å². The van der Waals surface area contributed by atoms with E-state index in [-0.39, 0.29) is 10.7 Å². The molecule has 1 aromatic heterocycles. The lowest BCUT2D eigenvalue weighted by Gasteiger charge is -2.10. The van der Waals surface area contributed by atoms with Gasteiger partial charge >= 0.3 is 0 Å². The molecule has 0 fully saturated rings. The molecule has 5 nitrogen and oxygen atoms in total. The van der Waals surface area contributed by atoms with Crippen LogP contribution in [0.1, 0.15) is 11.1 Å². The standard InChI is InChI=1S/C20H20FN3O2S/c1-15-3-2-4-19(13-15)27(25,26)24-18-9-10-20(23-14-18)22-12-11-16-5-7-17(21)8-6-16/h2-10,13-14,24H,11-12H2,1H3,(H,22,23). The van der Waals surface area contributed by atoms with Gasteiger partial charge in [-0.05, 0) is 60.9 Å². The van der Waals surface area contributed by atoms with Gasteiger partial charge in [0, 0.05) is 6.54 Å². The van der Waals surface area contributed by atoms with Crippen LogP contribution in [-0.2, 0) is 16.4 Å². The molecule has 0 aliphatic rings. The second kappa shape index (κ2) is 8.18. The zero-order valence-electron chi connectivity index (χ0n) is 14.8. The van der Waals surface area contributed by atoms with Gasteiger partial charge in [-0.3, -0.25) is 4.72 Å². The summed E-state index contributed by atoms with van der Waals surface area (Å²) >= 11 is 0. The summed E-state index contributed by atoms with van der Waals surface area (Å²) in [6.45, 7) is 2.47. The lowest BCUT2D eigenvalue weighted by atomic mass is 10.1. The first-order valence-electron chi connectivity index (χ1n) is 8.46. The van der Waals surface area contributed by atoms with Crippen LogP contribution >= 0.6 is 0 Å². The van der Waals surface area contributed by atoms with Gasteiger partial charge < -0.3 is 5.32 Å². The number of aromatic nitrogens is 1. The number of pyridine rings is 1. The monoisotopic (exact) mass is 385 g/mol. The summed E-state index contributed by atoms with van der Waals surface area (Å²) in [5, 5.41) is 3.15. The average Bonchev–Trinajstić information content (AvgIpc) is 2.65. The normalized spacial score (nSPS) is 11.2. The number of hydrogen-bond acceptors (Lipinski definition) is 4. The number of nitrogens with zero attached hydrogens (tertiary/aromatic N) is 1. The van der Waals surface area contributed by atoms with E-state index in [1.165, 1.54) is 18.3 Å². The van der Waals surface area contributed by atoms with Crippen molar-refractivity contribution in [3.8, 4) is 0 Å². The summed E-state index contributed by atoms with van der Waals surface area (Å²) in [6.07, 6.45) is 2.19. The molecule has 0 radical (unpaired) electrons. The lowest BCUT2D eigenvalue weighted by Crippen LogP contribution is -2.13. The Morgan fingerprint density at radius 1 is 1.04 bits per heavy atom. The quantitative estimate of drug-likeness (QED) is 0.645. The van der Waals surface area contributed by atoms with Gasteiger partial charge in [-0.15, -0.1) is 0 Å². The first kappa shape index (κ1) is 18.8. The third kappa shape index (κ3) is 5.27. The smallest absolute Gasteiger partial charge is 0.261 e. The molecule has 0 aliphatic carbocycles. The van der Waals surface area contributed by atoms with Crippen molar-refractivity contribution in [1.82, 2.24) is 4.98 Å². The summed E-state index contributed by atoms with van der Waals surface area (Å²) in [5.41, 5.74) is 2.28. The van der Waals surface area contributed by atoms with Gasteiger partial charge in [-0.25, -0.2) is 17.8 Å². The summed E-state index contributed by atoms with van der Waals surface area (Å²) < 4.78 is 40.2. The van der Waals surface area contributed by atoms with Gasteiger partial charge in [0.25, 0.3) is 10.0 Å². The topological polar surface area (TPSA) is 71.1 Å². The number of hydrogen-bond donors (Lipinski definition) is 2. The molecule has 27 heavy (non-hydrogen) atoms. The van der Waals surface area contributed by atoms with Crippen LogP contribution in [0.25, 0.3) is 0 Å². The molecule has 3 aromatic rings. The van der Waals surface area contributed by atoms with Crippen molar-refractivity contribution in [1.29, 1.82) is 0 Å². The van der Waals surface area contributed by atoms with Gasteiger partial charge in [0.15, 0.2) is 0 Å². The molecule has 0 aliphatic heterocycles. The highest BCUT2D eigenvalue weighted by atomic mass is 32.2. The molecule has 2 aromatic carbocycles. The second-order valence-corrected chi connectivity index (χ2v) is 7.84. The number of rotatable bonds is 7. The van der Waals surface area contributed by atoms with Gasteiger partial charge in [0.05, 0.1) is 16.8 Å². The maximum absolute atomic E-state index is 12.9. The van der Waals surface area contributed by atoms with Gasteiger partial charge in [-0.2, -0.15) is 0 Å². The third-order valence-corrected chi connectivity index (χ3v) is 5.33. The zero-order chi connectivity index (χ0) is 19.3. The van der Waals surface area contributed by atoms with Crippen molar-refractivity contribution in [2.75, 3.05) is 16.6 Å². The van der Waals surface area contributed by atoms with Crippen LogP contribution in [0.3, 0.4) is 0 Å². The minimum Gasteiger partial charge on any atom is -0.370 e. The van der Waals surface area contributed by atoms with Crippen LogP contribution in [0, 0.1) is 12.7 Å². The van der Waals surface area contributed by atoms with Crippen LogP contribution in [0.4, 0.5) is 15.9 Å². The van der Waals surface area contributed by atoms with E-state index in [1.54, 1.807) is 42.5 Å². The molecule has 2 N–H and O–H groups in total. The molecule has 7 heteroatoms. The maximum Gasteiger partial charge on any atom is 0.261 e. The maximum atomic E-state index is 12.9. The molecule has 0 saturated carbocycles. The van der Waals surface area contributed by atoms with E-state index in [9.17, 15) is 12.8 Å². The Hall–Kier alpha value is -2.93. The van der Waals surface area contributed by atoms with Crippen LogP contribution in [0.5, 0.6) is 0 Å². The van der Waals surface area contributed by atoms with Crippen molar-refractivity contribution >= 4 is 21.5 Å². The first-order chi connectivity index (χ1) is 12.9. The number of anilines is 2. The Morgan fingerprint density at radius 2 is 1.81 bits per heavy atom. The van der Waals surface area contributed by atoms with Gasteiger partial charge in [0.2, 0.25) is 0 Å². The Labute approximate surface area is 158 Å². The van der Waals surface area contributed by atoms with Crippen LogP contribution in [-0.4, -0.2) is 19.9 Å². The molecule has 0 bridgehead atoms. The van der Waals surface area contributed by atoms with E-state index in [0.717, 1.165) is 17.5 Å². The Bertz CT molecular complexity index is 1000. The minimum absolute atomic E-state index is 0.212. The number of aryl methyl sites for hydroxylation is 1. The van der Waals surface area contributed by atoms with Gasteiger partial charge in [-0.1, -0.05) is 24.3 Å².